The molecular formula is C16H14N2O4. The molecule has 0 aromatic heterocycles. The van der Waals surface area contributed by atoms with Gasteiger partial charge in [-0.15, -0.1) is 0 Å². The lowest BCUT2D eigenvalue weighted by molar-refractivity contribution is 0.0955. The van der Waals surface area contributed by atoms with Gasteiger partial charge in [0.05, 0.1) is 5.71 Å². The number of carbonyl (C=O) groups is 1. The first kappa shape index (κ1) is 13.9. The Bertz CT molecular complexity index is 738. The van der Waals surface area contributed by atoms with Crippen molar-refractivity contribution < 1.29 is 19.4 Å². The highest BCUT2D eigenvalue weighted by Gasteiger charge is 2.14. The molecule has 2 aromatic rings. The minimum Gasteiger partial charge on any atom is -0.508 e. The van der Waals surface area contributed by atoms with Gasteiger partial charge in [0, 0.05) is 11.1 Å². The zero-order valence-electron chi connectivity index (χ0n) is 11.9. The highest BCUT2D eigenvalue weighted by Crippen LogP contribution is 2.32. The van der Waals surface area contributed by atoms with Crippen LogP contribution in [0.15, 0.2) is 47.6 Å². The van der Waals surface area contributed by atoms with Crippen LogP contribution in [0.25, 0.3) is 0 Å². The maximum Gasteiger partial charge on any atom is 0.271 e. The fourth-order valence-electron chi connectivity index (χ4n) is 2.00. The Balaban J connectivity index is 1.72. The number of nitrogens with one attached hydrogen (secondary N) is 1. The second-order valence-electron chi connectivity index (χ2n) is 4.75. The summed E-state index contributed by atoms with van der Waals surface area (Å²) in [5.41, 5.74) is 4.37. The van der Waals surface area contributed by atoms with Crippen molar-refractivity contribution in [2.45, 2.75) is 6.92 Å². The third-order valence-electron chi connectivity index (χ3n) is 3.24. The molecule has 3 rings (SSSR count). The van der Waals surface area contributed by atoms with Crippen molar-refractivity contribution >= 4 is 11.6 Å². The lowest BCUT2D eigenvalue weighted by Gasteiger charge is -2.04. The molecule has 0 bridgehead atoms. The lowest BCUT2D eigenvalue weighted by atomic mass is 10.1. The van der Waals surface area contributed by atoms with Gasteiger partial charge in [-0.2, -0.15) is 5.10 Å². The van der Waals surface area contributed by atoms with E-state index in [2.05, 4.69) is 10.5 Å². The summed E-state index contributed by atoms with van der Waals surface area (Å²) >= 11 is 0. The van der Waals surface area contributed by atoms with Crippen LogP contribution in [-0.4, -0.2) is 23.5 Å². The van der Waals surface area contributed by atoms with Crippen LogP contribution in [0, 0.1) is 0 Å². The molecule has 22 heavy (non-hydrogen) atoms. The van der Waals surface area contributed by atoms with Crippen LogP contribution in [0.4, 0.5) is 0 Å². The molecule has 6 nitrogen and oxygen atoms in total. The Kier molecular flexibility index (Phi) is 3.65. The number of rotatable bonds is 3. The van der Waals surface area contributed by atoms with Crippen molar-refractivity contribution in [1.29, 1.82) is 0 Å². The molecule has 6 heteroatoms. The number of phenolic OH excluding ortho intramolecular Hbond substituents is 1. The van der Waals surface area contributed by atoms with E-state index in [1.165, 1.54) is 24.3 Å². The van der Waals surface area contributed by atoms with Crippen LogP contribution in [0.3, 0.4) is 0 Å². The zero-order chi connectivity index (χ0) is 15.5. The van der Waals surface area contributed by atoms with E-state index in [0.29, 0.717) is 22.8 Å². The number of amides is 1. The van der Waals surface area contributed by atoms with E-state index in [1.807, 2.05) is 12.1 Å². The number of benzene rings is 2. The van der Waals surface area contributed by atoms with Crippen LogP contribution in [0.2, 0.25) is 0 Å². The molecule has 112 valence electrons. The standard InChI is InChI=1S/C16H14N2O4/c1-10(12-4-7-14-15(8-12)22-9-21-14)17-18-16(20)11-2-5-13(19)6-3-11/h2-8,19H,9H2,1H3,(H,18,20)/b17-10-. The summed E-state index contributed by atoms with van der Waals surface area (Å²) < 4.78 is 10.6. The average Bonchev–Trinajstić information content (AvgIpc) is 3.00. The quantitative estimate of drug-likeness (QED) is 0.673. The largest absolute Gasteiger partial charge is 0.508 e. The molecule has 2 N–H and O–H groups in total. The second-order valence-corrected chi connectivity index (χ2v) is 4.75. The van der Waals surface area contributed by atoms with E-state index < -0.39 is 0 Å². The van der Waals surface area contributed by atoms with Crippen LogP contribution in [-0.2, 0) is 0 Å². The fourth-order valence-corrected chi connectivity index (χ4v) is 2.00. The van der Waals surface area contributed by atoms with Gasteiger partial charge in [-0.25, -0.2) is 5.43 Å². The van der Waals surface area contributed by atoms with Gasteiger partial charge in [-0.1, -0.05) is 0 Å². The first-order chi connectivity index (χ1) is 10.6. The normalized spacial score (nSPS) is 13.0. The molecule has 1 aliphatic heterocycles. The van der Waals surface area contributed by atoms with Crippen molar-refractivity contribution in [2.75, 3.05) is 6.79 Å². The molecule has 0 saturated carbocycles. The van der Waals surface area contributed by atoms with Gasteiger partial charge < -0.3 is 14.6 Å². The van der Waals surface area contributed by atoms with Crippen LogP contribution in [0.1, 0.15) is 22.8 Å². The first-order valence-electron chi connectivity index (χ1n) is 6.67. The molecule has 0 spiro atoms. The number of carbonyl (C=O) groups excluding carboxylic acids is 1. The number of hydrogen-bond acceptors (Lipinski definition) is 5. The van der Waals surface area contributed by atoms with Crippen LogP contribution < -0.4 is 14.9 Å². The Morgan fingerprint density at radius 3 is 2.55 bits per heavy atom. The van der Waals surface area contributed by atoms with Crippen molar-refractivity contribution in [2.24, 2.45) is 5.10 Å². The highest BCUT2D eigenvalue weighted by molar-refractivity contribution is 6.01. The summed E-state index contributed by atoms with van der Waals surface area (Å²) in [6, 6.07) is 11.4. The van der Waals surface area contributed by atoms with Gasteiger partial charge >= 0.3 is 0 Å². The molecule has 0 atom stereocenters. The topological polar surface area (TPSA) is 80.2 Å². The van der Waals surface area contributed by atoms with Crippen molar-refractivity contribution in [1.82, 2.24) is 5.43 Å². The van der Waals surface area contributed by atoms with E-state index >= 15 is 0 Å². The smallest absolute Gasteiger partial charge is 0.271 e. The lowest BCUT2D eigenvalue weighted by Crippen LogP contribution is -2.19. The molecule has 0 saturated heterocycles. The molecule has 0 aliphatic carbocycles. The van der Waals surface area contributed by atoms with E-state index in [9.17, 15) is 9.90 Å². The van der Waals surface area contributed by atoms with Gasteiger partial charge in [0.15, 0.2) is 11.5 Å². The van der Waals surface area contributed by atoms with Gasteiger partial charge in [0.25, 0.3) is 5.91 Å². The fraction of sp³-hybridized carbons (Fsp3) is 0.125. The van der Waals surface area contributed by atoms with E-state index in [4.69, 9.17) is 9.47 Å². The summed E-state index contributed by atoms with van der Waals surface area (Å²) in [5, 5.41) is 13.3. The van der Waals surface area contributed by atoms with Crippen molar-refractivity contribution in [3.63, 3.8) is 0 Å². The molecule has 0 fully saturated rings. The van der Waals surface area contributed by atoms with Gasteiger partial charge in [0.1, 0.15) is 5.75 Å². The number of fused-ring (bicyclic) bond motifs is 1. The Morgan fingerprint density at radius 1 is 1.09 bits per heavy atom. The number of nitrogens with zero attached hydrogens (tertiary/aromatic N) is 1. The number of ether oxygens (including phenoxy) is 2. The molecule has 1 aliphatic rings. The van der Waals surface area contributed by atoms with E-state index in [0.717, 1.165) is 5.56 Å². The Morgan fingerprint density at radius 2 is 1.77 bits per heavy atom. The molecule has 1 heterocycles. The maximum atomic E-state index is 11.9. The van der Waals surface area contributed by atoms with Gasteiger partial charge in [-0.3, -0.25) is 4.79 Å². The highest BCUT2D eigenvalue weighted by atomic mass is 16.7. The molecule has 0 radical (unpaired) electrons. The molecule has 1 amide bonds. The van der Waals surface area contributed by atoms with Crippen LogP contribution in [0.5, 0.6) is 17.2 Å². The van der Waals surface area contributed by atoms with Crippen molar-refractivity contribution in [3.8, 4) is 17.2 Å². The third-order valence-corrected chi connectivity index (χ3v) is 3.24. The summed E-state index contributed by atoms with van der Waals surface area (Å²) in [4.78, 5) is 11.9. The molecular weight excluding hydrogens is 284 g/mol. The molecule has 0 unspecified atom stereocenters. The minimum atomic E-state index is -0.347. The molecule has 2 aromatic carbocycles. The number of hydrogen-bond donors (Lipinski definition) is 2. The van der Waals surface area contributed by atoms with Gasteiger partial charge in [-0.05, 0) is 49.4 Å². The predicted molar refractivity (Wildman–Crippen MR) is 80.3 cm³/mol. The second kappa shape index (κ2) is 5.77. The SMILES string of the molecule is C/C(=N/NC(=O)c1ccc(O)cc1)c1ccc2c(c1)OCO2. The number of hydrazone groups is 1. The Hall–Kier alpha value is -3.02. The number of phenols is 1. The third kappa shape index (κ3) is 2.85. The number of aromatic hydroxyl groups is 1. The van der Waals surface area contributed by atoms with E-state index in [1.54, 1.807) is 13.0 Å². The minimum absolute atomic E-state index is 0.108. The summed E-state index contributed by atoms with van der Waals surface area (Å²) in [5.74, 6) is 1.12. The monoisotopic (exact) mass is 298 g/mol. The summed E-state index contributed by atoms with van der Waals surface area (Å²) in [6.07, 6.45) is 0. The van der Waals surface area contributed by atoms with Gasteiger partial charge in [0.2, 0.25) is 6.79 Å². The van der Waals surface area contributed by atoms with E-state index in [-0.39, 0.29) is 18.4 Å². The van der Waals surface area contributed by atoms with Crippen LogP contribution >= 0.6 is 0 Å². The average molecular weight is 298 g/mol. The summed E-state index contributed by atoms with van der Waals surface area (Å²) in [6.45, 7) is 2.00. The summed E-state index contributed by atoms with van der Waals surface area (Å²) in [7, 11) is 0. The zero-order valence-corrected chi connectivity index (χ0v) is 11.9. The first-order valence-corrected chi connectivity index (χ1v) is 6.67. The Labute approximate surface area is 127 Å². The van der Waals surface area contributed by atoms with Crippen molar-refractivity contribution in [3.05, 3.63) is 53.6 Å². The predicted octanol–water partition coefficient (Wildman–Crippen LogP) is 2.27. The maximum absolute atomic E-state index is 11.9.